The third-order valence-electron chi connectivity index (χ3n) is 3.11. The highest BCUT2D eigenvalue weighted by molar-refractivity contribution is 5.89. The summed E-state index contributed by atoms with van der Waals surface area (Å²) in [6.45, 7) is 1.64. The Morgan fingerprint density at radius 2 is 1.73 bits per heavy atom. The van der Waals surface area contributed by atoms with E-state index in [0.717, 1.165) is 24.4 Å². The van der Waals surface area contributed by atoms with Gasteiger partial charge in [0.25, 0.3) is 5.88 Å². The van der Waals surface area contributed by atoms with Gasteiger partial charge in [0, 0.05) is 11.8 Å². The average Bonchev–Trinajstić information content (AvgIpc) is 2.56. The van der Waals surface area contributed by atoms with Crippen molar-refractivity contribution < 1.29 is 40.6 Å². The lowest BCUT2D eigenvalue weighted by atomic mass is 10.1. The van der Waals surface area contributed by atoms with Gasteiger partial charge < -0.3 is 9.47 Å². The lowest BCUT2D eigenvalue weighted by Gasteiger charge is -2.19. The molecule has 0 aliphatic heterocycles. The number of halogens is 6. The molecular weight excluding hydrogens is 368 g/mol. The van der Waals surface area contributed by atoms with Crippen LogP contribution in [0.15, 0.2) is 36.5 Å². The van der Waals surface area contributed by atoms with Crippen LogP contribution in [0.3, 0.4) is 0 Å². The predicted molar refractivity (Wildman–Crippen MR) is 76.6 cm³/mol. The number of hydrogen-bond acceptors (Lipinski definition) is 4. The number of hydrogen-bond donors (Lipinski definition) is 0. The van der Waals surface area contributed by atoms with Gasteiger partial charge in [-0.1, -0.05) is 0 Å². The Morgan fingerprint density at radius 1 is 1.12 bits per heavy atom. The van der Waals surface area contributed by atoms with E-state index in [2.05, 4.69) is 9.72 Å². The van der Waals surface area contributed by atoms with E-state index in [-0.39, 0.29) is 17.9 Å². The number of ether oxygens (including phenoxy) is 2. The Balaban J connectivity index is 2.18. The summed E-state index contributed by atoms with van der Waals surface area (Å²) in [5.74, 6) is -7.68. The molecule has 1 heterocycles. The van der Waals surface area contributed by atoms with Crippen LogP contribution >= 0.6 is 0 Å². The monoisotopic (exact) mass is 379 g/mol. The number of pyridine rings is 1. The number of alkyl halides is 5. The third kappa shape index (κ3) is 4.06. The fourth-order valence-electron chi connectivity index (χ4n) is 1.83. The highest BCUT2D eigenvalue weighted by Gasteiger charge is 2.58. The maximum absolute atomic E-state index is 13.9. The fourth-order valence-corrected chi connectivity index (χ4v) is 1.83. The van der Waals surface area contributed by atoms with Crippen molar-refractivity contribution in [2.45, 2.75) is 19.0 Å². The van der Waals surface area contributed by atoms with Crippen molar-refractivity contribution in [3.63, 3.8) is 0 Å². The van der Waals surface area contributed by atoms with Gasteiger partial charge in [-0.2, -0.15) is 22.0 Å². The number of nitrogens with zero attached hydrogens (tertiary/aromatic N) is 1. The summed E-state index contributed by atoms with van der Waals surface area (Å²) in [5, 5.41) is 0. The normalized spacial score (nSPS) is 12.0. The molecule has 0 atom stereocenters. The number of carbonyl (C=O) groups is 1. The van der Waals surface area contributed by atoms with Crippen molar-refractivity contribution in [2.24, 2.45) is 0 Å². The van der Waals surface area contributed by atoms with Crippen LogP contribution in [0.5, 0.6) is 11.6 Å². The van der Waals surface area contributed by atoms with E-state index in [1.165, 1.54) is 0 Å². The Labute approximate surface area is 143 Å². The first kappa shape index (κ1) is 19.5. The molecule has 0 fully saturated rings. The van der Waals surface area contributed by atoms with Crippen molar-refractivity contribution in [3.05, 3.63) is 53.5 Å². The molecule has 0 unspecified atom stereocenters. The Bertz CT molecular complexity index is 790. The quantitative estimate of drug-likeness (QED) is 0.551. The topological polar surface area (TPSA) is 48.4 Å². The van der Waals surface area contributed by atoms with E-state index >= 15 is 0 Å². The first-order valence-corrected chi connectivity index (χ1v) is 7.12. The summed E-state index contributed by atoms with van der Waals surface area (Å²) in [4.78, 5) is 15.0. The lowest BCUT2D eigenvalue weighted by Crippen LogP contribution is -2.33. The molecule has 0 radical (unpaired) electrons. The average molecular weight is 379 g/mol. The standard InChI is InChI=1S/C16H11F6NO3/c1-2-25-14(24)9-7-12(17)13(23-8-9)26-11-5-3-10(4-6-11)15(18,19)16(20,21)22/h3-8H,2H2,1H3. The molecule has 0 bridgehead atoms. The summed E-state index contributed by atoms with van der Waals surface area (Å²) in [5.41, 5.74) is -1.46. The first-order chi connectivity index (χ1) is 12.1. The van der Waals surface area contributed by atoms with E-state index in [1.54, 1.807) is 6.92 Å². The van der Waals surface area contributed by atoms with Crippen LogP contribution in [0, 0.1) is 5.82 Å². The summed E-state index contributed by atoms with van der Waals surface area (Å²) in [6.07, 6.45) is -4.77. The molecule has 0 spiro atoms. The second-order valence-electron chi connectivity index (χ2n) is 4.93. The highest BCUT2D eigenvalue weighted by Crippen LogP contribution is 2.44. The van der Waals surface area contributed by atoms with Gasteiger partial charge in [-0.15, -0.1) is 0 Å². The summed E-state index contributed by atoms with van der Waals surface area (Å²) in [6, 6.07) is 3.44. The van der Waals surface area contributed by atoms with Crippen molar-refractivity contribution in [1.82, 2.24) is 4.98 Å². The zero-order valence-corrected chi connectivity index (χ0v) is 13.1. The zero-order chi connectivity index (χ0) is 19.5. The van der Waals surface area contributed by atoms with E-state index in [1.807, 2.05) is 0 Å². The van der Waals surface area contributed by atoms with Gasteiger partial charge in [0.1, 0.15) is 5.75 Å². The van der Waals surface area contributed by atoms with Crippen LogP contribution < -0.4 is 4.74 Å². The molecule has 10 heteroatoms. The first-order valence-electron chi connectivity index (χ1n) is 7.12. The van der Waals surface area contributed by atoms with Gasteiger partial charge in [-0.25, -0.2) is 14.2 Å². The molecule has 2 rings (SSSR count). The molecule has 0 saturated carbocycles. The minimum Gasteiger partial charge on any atom is -0.462 e. The minimum atomic E-state index is -5.74. The SMILES string of the molecule is CCOC(=O)c1cnc(Oc2ccc(C(F)(F)C(F)(F)F)cc2)c(F)c1. The van der Waals surface area contributed by atoms with Crippen LogP contribution in [-0.4, -0.2) is 23.7 Å². The molecule has 26 heavy (non-hydrogen) atoms. The maximum atomic E-state index is 13.9. The molecule has 1 aromatic carbocycles. The molecule has 0 saturated heterocycles. The second kappa shape index (κ2) is 7.22. The largest absolute Gasteiger partial charge is 0.462 e. The Kier molecular flexibility index (Phi) is 5.43. The minimum absolute atomic E-state index is 0.0770. The van der Waals surface area contributed by atoms with Crippen molar-refractivity contribution >= 4 is 5.97 Å². The van der Waals surface area contributed by atoms with Gasteiger partial charge >= 0.3 is 18.1 Å². The molecular formula is C16H11F6NO3. The highest BCUT2D eigenvalue weighted by atomic mass is 19.4. The van der Waals surface area contributed by atoms with E-state index in [0.29, 0.717) is 12.1 Å². The number of rotatable bonds is 5. The summed E-state index contributed by atoms with van der Waals surface area (Å²) >= 11 is 0. The van der Waals surface area contributed by atoms with Crippen LogP contribution in [0.2, 0.25) is 0 Å². The summed E-state index contributed by atoms with van der Waals surface area (Å²) < 4.78 is 86.8. The Hall–Kier alpha value is -2.78. The molecule has 2 aromatic rings. The van der Waals surface area contributed by atoms with Gasteiger partial charge in [0.2, 0.25) is 0 Å². The molecule has 0 aliphatic rings. The molecule has 0 N–H and O–H groups in total. The lowest BCUT2D eigenvalue weighted by molar-refractivity contribution is -0.289. The van der Waals surface area contributed by atoms with Crippen molar-refractivity contribution in [3.8, 4) is 11.6 Å². The van der Waals surface area contributed by atoms with Crippen LogP contribution in [0.1, 0.15) is 22.8 Å². The number of esters is 1. The van der Waals surface area contributed by atoms with Gasteiger partial charge in [0.15, 0.2) is 5.82 Å². The smallest absolute Gasteiger partial charge is 0.458 e. The molecule has 140 valence electrons. The maximum Gasteiger partial charge on any atom is 0.458 e. The second-order valence-corrected chi connectivity index (χ2v) is 4.93. The molecule has 0 amide bonds. The zero-order valence-electron chi connectivity index (χ0n) is 13.1. The van der Waals surface area contributed by atoms with E-state index in [9.17, 15) is 31.1 Å². The fraction of sp³-hybridized carbons (Fsp3) is 0.250. The predicted octanol–water partition coefficient (Wildman–Crippen LogP) is 4.84. The number of benzene rings is 1. The van der Waals surface area contributed by atoms with Crippen molar-refractivity contribution in [2.75, 3.05) is 6.61 Å². The number of carbonyl (C=O) groups excluding carboxylic acids is 1. The third-order valence-corrected chi connectivity index (χ3v) is 3.11. The van der Waals surface area contributed by atoms with Crippen LogP contribution in [0.4, 0.5) is 26.3 Å². The molecule has 0 aliphatic carbocycles. The van der Waals surface area contributed by atoms with Gasteiger partial charge in [-0.05, 0) is 37.3 Å². The van der Waals surface area contributed by atoms with Crippen LogP contribution in [0.25, 0.3) is 0 Å². The molecule has 4 nitrogen and oxygen atoms in total. The van der Waals surface area contributed by atoms with Gasteiger partial charge in [-0.3, -0.25) is 0 Å². The van der Waals surface area contributed by atoms with Gasteiger partial charge in [0.05, 0.1) is 12.2 Å². The molecule has 1 aromatic heterocycles. The Morgan fingerprint density at radius 3 is 2.23 bits per heavy atom. The van der Waals surface area contributed by atoms with E-state index in [4.69, 9.17) is 4.74 Å². The van der Waals surface area contributed by atoms with Crippen molar-refractivity contribution in [1.29, 1.82) is 0 Å². The number of aromatic nitrogens is 1. The summed E-state index contributed by atoms with van der Waals surface area (Å²) in [7, 11) is 0. The van der Waals surface area contributed by atoms with Crippen LogP contribution in [-0.2, 0) is 10.7 Å². The van der Waals surface area contributed by atoms with E-state index < -0.39 is 35.3 Å².